The maximum Gasteiger partial charge on any atom is 0.412 e. The molecule has 0 aliphatic heterocycles. The first-order valence-corrected chi connectivity index (χ1v) is 13.6. The van der Waals surface area contributed by atoms with E-state index in [1.165, 1.54) is 18.2 Å². The zero-order valence-corrected chi connectivity index (χ0v) is 22.5. The summed E-state index contributed by atoms with van der Waals surface area (Å²) < 4.78 is 25.8. The number of anilines is 3. The summed E-state index contributed by atoms with van der Waals surface area (Å²) in [6.45, 7) is 2.10. The number of aromatic hydroxyl groups is 1. The molecule has 0 spiro atoms. The average Bonchev–Trinajstić information content (AvgIpc) is 2.92. The summed E-state index contributed by atoms with van der Waals surface area (Å²) >= 11 is 1.58. The largest absolute Gasteiger partial charge is 0.505 e. The molecular formula is C29H32FN3O5S. The molecule has 2 amide bonds. The van der Waals surface area contributed by atoms with Crippen LogP contribution in [0, 0.1) is 5.82 Å². The highest BCUT2D eigenvalue weighted by Gasteiger charge is 2.28. The predicted molar refractivity (Wildman–Crippen MR) is 152 cm³/mol. The normalized spacial score (nSPS) is 12.6. The van der Waals surface area contributed by atoms with Crippen LogP contribution in [-0.4, -0.2) is 36.1 Å². The number of thioether (sulfide) groups is 1. The second kappa shape index (κ2) is 14.8. The van der Waals surface area contributed by atoms with Gasteiger partial charge >= 0.3 is 6.09 Å². The summed E-state index contributed by atoms with van der Waals surface area (Å²) in [6.07, 6.45) is 3.36. The van der Waals surface area contributed by atoms with Crippen molar-refractivity contribution in [2.24, 2.45) is 0 Å². The Bertz CT molecular complexity index is 1290. The van der Waals surface area contributed by atoms with Crippen LogP contribution in [0.15, 0.2) is 83.8 Å². The van der Waals surface area contributed by atoms with Crippen molar-refractivity contribution in [3.63, 3.8) is 0 Å². The van der Waals surface area contributed by atoms with E-state index in [4.69, 9.17) is 15.2 Å². The van der Waals surface area contributed by atoms with Gasteiger partial charge in [-0.3, -0.25) is 10.1 Å². The number of rotatable bonds is 12. The summed E-state index contributed by atoms with van der Waals surface area (Å²) in [5.74, 6) is -1.71. The Labute approximate surface area is 231 Å². The highest BCUT2D eigenvalue weighted by atomic mass is 32.2. The summed E-state index contributed by atoms with van der Waals surface area (Å²) in [5.41, 5.74) is 7.68. The Morgan fingerprint density at radius 1 is 1.10 bits per heavy atom. The minimum Gasteiger partial charge on any atom is -0.505 e. The Kier molecular flexibility index (Phi) is 11.2. The molecule has 5 N–H and O–H groups in total. The Hall–Kier alpha value is -4.02. The molecule has 0 fully saturated rings. The first-order chi connectivity index (χ1) is 18.8. The van der Waals surface area contributed by atoms with E-state index in [-0.39, 0.29) is 5.91 Å². The zero-order valence-electron chi connectivity index (χ0n) is 21.7. The van der Waals surface area contributed by atoms with Gasteiger partial charge in [-0.05, 0) is 86.2 Å². The SMILES string of the molecule is CCO[C@H](CC/C=C/C(=O)Nc1ccccc1N)[C@H](OC(=O)Nc1ccc(SC)cc1)c1ccc(O)c(F)c1. The van der Waals surface area contributed by atoms with E-state index in [1.807, 2.05) is 18.4 Å². The van der Waals surface area contributed by atoms with Crippen molar-refractivity contribution in [2.75, 3.05) is 29.2 Å². The summed E-state index contributed by atoms with van der Waals surface area (Å²) in [5, 5.41) is 15.0. The highest BCUT2D eigenvalue weighted by Crippen LogP contribution is 2.30. The van der Waals surface area contributed by atoms with Gasteiger partial charge in [0.15, 0.2) is 17.7 Å². The molecule has 0 unspecified atom stereocenters. The van der Waals surface area contributed by atoms with Crippen LogP contribution in [0.4, 0.5) is 26.2 Å². The van der Waals surface area contributed by atoms with E-state index in [0.29, 0.717) is 42.1 Å². The molecule has 0 aliphatic carbocycles. The molecule has 0 aromatic heterocycles. The number of hydrogen-bond acceptors (Lipinski definition) is 7. The van der Waals surface area contributed by atoms with Crippen LogP contribution >= 0.6 is 11.8 Å². The third-order valence-corrected chi connectivity index (χ3v) is 6.44. The molecule has 3 rings (SSSR count). The number of carbonyl (C=O) groups excluding carboxylic acids is 2. The maximum absolute atomic E-state index is 14.2. The van der Waals surface area contributed by atoms with E-state index in [0.717, 1.165) is 11.0 Å². The number of nitrogen functional groups attached to an aromatic ring is 1. The molecule has 8 nitrogen and oxygen atoms in total. The molecule has 10 heteroatoms. The van der Waals surface area contributed by atoms with Gasteiger partial charge < -0.3 is 25.6 Å². The first kappa shape index (κ1) is 29.5. The molecule has 0 bridgehead atoms. The van der Waals surface area contributed by atoms with Gasteiger partial charge in [0.1, 0.15) is 0 Å². The monoisotopic (exact) mass is 553 g/mol. The number of nitrogens with two attached hydrogens (primary N) is 1. The standard InChI is InChI=1S/C29H32FN3O5S/c1-3-37-26(10-6-7-11-27(35)33-24-9-5-4-8-23(24)31)28(19-12-17-25(34)22(30)18-19)38-29(36)32-20-13-15-21(39-2)16-14-20/h4-5,7-9,11-18,26,28,34H,3,6,10,31H2,1-2H3,(H,32,36)(H,33,35)/b11-7+/t26-,28-/m1/s1. The predicted octanol–water partition coefficient (Wildman–Crippen LogP) is 6.51. The van der Waals surface area contributed by atoms with E-state index < -0.39 is 29.9 Å². The number of nitrogens with one attached hydrogen (secondary N) is 2. The number of ether oxygens (including phenoxy) is 2. The number of para-hydroxylation sites is 2. The number of allylic oxidation sites excluding steroid dienone is 1. The number of amides is 2. The Balaban J connectivity index is 1.71. The lowest BCUT2D eigenvalue weighted by Gasteiger charge is -2.27. The highest BCUT2D eigenvalue weighted by molar-refractivity contribution is 7.98. The molecule has 3 aromatic carbocycles. The second-order valence-electron chi connectivity index (χ2n) is 8.44. The minimum absolute atomic E-state index is 0.306. The van der Waals surface area contributed by atoms with Gasteiger partial charge in [0, 0.05) is 17.2 Å². The molecule has 0 radical (unpaired) electrons. The molecule has 2 atom stereocenters. The van der Waals surface area contributed by atoms with Gasteiger partial charge in [0.25, 0.3) is 0 Å². The Morgan fingerprint density at radius 3 is 2.51 bits per heavy atom. The lowest BCUT2D eigenvalue weighted by Crippen LogP contribution is -2.29. The number of carbonyl (C=O) groups is 2. The smallest absolute Gasteiger partial charge is 0.412 e. The molecule has 0 saturated carbocycles. The fraction of sp³-hybridized carbons (Fsp3) is 0.241. The average molecular weight is 554 g/mol. The Morgan fingerprint density at radius 2 is 1.85 bits per heavy atom. The van der Waals surface area contributed by atoms with Crippen molar-refractivity contribution < 1.29 is 28.6 Å². The van der Waals surface area contributed by atoms with Crippen LogP contribution in [0.2, 0.25) is 0 Å². The summed E-state index contributed by atoms with van der Waals surface area (Å²) in [7, 11) is 0. The third kappa shape index (κ3) is 9.05. The van der Waals surface area contributed by atoms with E-state index in [1.54, 1.807) is 61.2 Å². The number of phenols is 1. The number of hydrogen-bond donors (Lipinski definition) is 4. The van der Waals surface area contributed by atoms with E-state index in [9.17, 15) is 19.1 Å². The van der Waals surface area contributed by atoms with Gasteiger partial charge in [-0.15, -0.1) is 11.8 Å². The maximum atomic E-state index is 14.2. The first-order valence-electron chi connectivity index (χ1n) is 12.3. The van der Waals surface area contributed by atoms with Crippen LogP contribution < -0.4 is 16.4 Å². The van der Waals surface area contributed by atoms with E-state index >= 15 is 0 Å². The van der Waals surface area contributed by atoms with Gasteiger partial charge in [-0.2, -0.15) is 0 Å². The quantitative estimate of drug-likeness (QED) is 0.115. The van der Waals surface area contributed by atoms with Crippen LogP contribution in [0.3, 0.4) is 0 Å². The van der Waals surface area contributed by atoms with Crippen LogP contribution in [0.5, 0.6) is 5.75 Å². The molecular weight excluding hydrogens is 521 g/mol. The van der Waals surface area contributed by atoms with Crippen LogP contribution in [0.1, 0.15) is 31.4 Å². The van der Waals surface area contributed by atoms with Gasteiger partial charge in [0.05, 0.1) is 17.5 Å². The van der Waals surface area contributed by atoms with Crippen molar-refractivity contribution in [3.05, 3.63) is 90.3 Å². The number of halogens is 1. The van der Waals surface area contributed by atoms with Crippen LogP contribution in [-0.2, 0) is 14.3 Å². The van der Waals surface area contributed by atoms with Crippen LogP contribution in [0.25, 0.3) is 0 Å². The molecule has 0 aliphatic rings. The van der Waals surface area contributed by atoms with Gasteiger partial charge in [-0.1, -0.05) is 24.3 Å². The minimum atomic E-state index is -0.989. The van der Waals surface area contributed by atoms with Crippen molar-refractivity contribution in [1.82, 2.24) is 0 Å². The zero-order chi connectivity index (χ0) is 28.2. The van der Waals surface area contributed by atoms with Crippen molar-refractivity contribution >= 4 is 40.8 Å². The molecule has 206 valence electrons. The molecule has 0 heterocycles. The number of benzene rings is 3. The second-order valence-corrected chi connectivity index (χ2v) is 9.32. The topological polar surface area (TPSA) is 123 Å². The van der Waals surface area contributed by atoms with Gasteiger partial charge in [0.2, 0.25) is 5.91 Å². The molecule has 39 heavy (non-hydrogen) atoms. The number of phenolic OH excluding ortho intramolecular Hbond substituents is 1. The van der Waals surface area contributed by atoms with E-state index in [2.05, 4.69) is 10.6 Å². The van der Waals surface area contributed by atoms with Crippen molar-refractivity contribution in [2.45, 2.75) is 36.9 Å². The van der Waals surface area contributed by atoms with Gasteiger partial charge in [-0.25, -0.2) is 9.18 Å². The van der Waals surface area contributed by atoms with Crippen molar-refractivity contribution in [1.29, 1.82) is 0 Å². The lowest BCUT2D eigenvalue weighted by atomic mass is 9.99. The lowest BCUT2D eigenvalue weighted by molar-refractivity contribution is -0.111. The fourth-order valence-corrected chi connectivity index (χ4v) is 4.18. The fourth-order valence-electron chi connectivity index (χ4n) is 3.77. The molecule has 0 saturated heterocycles. The third-order valence-electron chi connectivity index (χ3n) is 5.69. The molecule has 3 aromatic rings. The summed E-state index contributed by atoms with van der Waals surface area (Å²) in [6, 6.07) is 17.9. The van der Waals surface area contributed by atoms with Crippen molar-refractivity contribution in [3.8, 4) is 5.75 Å². The summed E-state index contributed by atoms with van der Waals surface area (Å²) in [4.78, 5) is 26.1.